The van der Waals surface area contributed by atoms with E-state index in [4.69, 9.17) is 11.6 Å². The van der Waals surface area contributed by atoms with Crippen LogP contribution < -0.4 is 10.3 Å². The number of carbonyl (C=O) groups is 1. The molecule has 1 amide bonds. The van der Waals surface area contributed by atoms with Gasteiger partial charge in [-0.3, -0.25) is 10.2 Å². The van der Waals surface area contributed by atoms with Gasteiger partial charge in [-0.05, 0) is 48.2 Å². The number of benzene rings is 2. The fourth-order valence-corrected chi connectivity index (χ4v) is 3.12. The Morgan fingerprint density at radius 2 is 1.83 bits per heavy atom. The summed E-state index contributed by atoms with van der Waals surface area (Å²) in [5.74, 6) is -0.227. The van der Waals surface area contributed by atoms with E-state index in [1.165, 1.54) is 24.3 Å². The monoisotopic (exact) mass is 366 g/mol. The van der Waals surface area contributed by atoms with Crippen LogP contribution in [0.4, 0.5) is 0 Å². The normalized spacial score (nSPS) is 12.6. The van der Waals surface area contributed by atoms with E-state index in [1.54, 1.807) is 24.3 Å². The predicted octanol–water partition coefficient (Wildman–Crippen LogP) is 3.48. The molecule has 24 heavy (non-hydrogen) atoms. The second kappa shape index (κ2) is 7.79. The molecular formula is C17H19ClN2O3S. The molecule has 0 aliphatic carbocycles. The average molecular weight is 367 g/mol. The van der Waals surface area contributed by atoms with Gasteiger partial charge >= 0.3 is 0 Å². The van der Waals surface area contributed by atoms with E-state index in [0.29, 0.717) is 10.9 Å². The smallest absolute Gasteiger partial charge is 0.266 e. The Balaban J connectivity index is 2.07. The minimum absolute atomic E-state index is 0.0842. The van der Waals surface area contributed by atoms with Crippen molar-refractivity contribution >= 4 is 27.5 Å². The molecule has 0 aliphatic rings. The summed E-state index contributed by atoms with van der Waals surface area (Å²) in [6, 6.07) is 12.8. The van der Waals surface area contributed by atoms with Gasteiger partial charge in [0.05, 0.1) is 4.90 Å². The van der Waals surface area contributed by atoms with E-state index >= 15 is 0 Å². The summed E-state index contributed by atoms with van der Waals surface area (Å²) >= 11 is 5.81. The zero-order chi connectivity index (χ0) is 17.7. The van der Waals surface area contributed by atoms with E-state index in [9.17, 15) is 13.2 Å². The fraction of sp³-hybridized carbons (Fsp3) is 0.235. The Kier molecular flexibility index (Phi) is 5.99. The van der Waals surface area contributed by atoms with Crippen molar-refractivity contribution in [3.05, 3.63) is 64.7 Å². The maximum Gasteiger partial charge on any atom is 0.266 e. The van der Waals surface area contributed by atoms with Crippen LogP contribution in [0.25, 0.3) is 0 Å². The second-order valence-corrected chi connectivity index (χ2v) is 7.57. The summed E-state index contributed by atoms with van der Waals surface area (Å²) in [7, 11) is -3.84. The number of nitrogens with one attached hydrogen (secondary N) is 2. The van der Waals surface area contributed by atoms with Crippen molar-refractivity contribution < 1.29 is 13.2 Å². The Labute approximate surface area is 147 Å². The summed E-state index contributed by atoms with van der Waals surface area (Å²) in [4.78, 5) is 14.1. The third kappa shape index (κ3) is 4.56. The standard InChI is InChI=1S/C17H19ClN2O3S/c1-3-12(2)13-7-9-16(10-8-13)24(22,23)20-19-17(21)14-5-4-6-15(18)11-14/h4-12,20H,3H2,1-2H3,(H,19,21)/t12-/m0/s1. The molecule has 0 aromatic heterocycles. The van der Waals surface area contributed by atoms with Crippen LogP contribution in [0.3, 0.4) is 0 Å². The minimum atomic E-state index is -3.84. The predicted molar refractivity (Wildman–Crippen MR) is 94.4 cm³/mol. The summed E-state index contributed by atoms with van der Waals surface area (Å²) in [5.41, 5.74) is 3.51. The Bertz CT molecular complexity index is 820. The Morgan fingerprint density at radius 3 is 2.42 bits per heavy atom. The van der Waals surface area contributed by atoms with Crippen molar-refractivity contribution in [3.8, 4) is 0 Å². The van der Waals surface area contributed by atoms with Gasteiger partial charge in [0.25, 0.3) is 15.9 Å². The highest BCUT2D eigenvalue weighted by atomic mass is 35.5. The third-order valence-electron chi connectivity index (χ3n) is 3.76. The van der Waals surface area contributed by atoms with Crippen LogP contribution in [0.1, 0.15) is 42.1 Å². The van der Waals surface area contributed by atoms with Crippen LogP contribution >= 0.6 is 11.6 Å². The first-order chi connectivity index (χ1) is 11.3. The molecule has 0 unspecified atom stereocenters. The largest absolute Gasteiger partial charge is 0.273 e. The van der Waals surface area contributed by atoms with Gasteiger partial charge < -0.3 is 0 Å². The SMILES string of the molecule is CC[C@H](C)c1ccc(S(=O)(=O)NNC(=O)c2cccc(Cl)c2)cc1. The van der Waals surface area contributed by atoms with E-state index in [-0.39, 0.29) is 10.5 Å². The minimum Gasteiger partial charge on any atom is -0.273 e. The second-order valence-electron chi connectivity index (χ2n) is 5.45. The number of rotatable bonds is 6. The highest BCUT2D eigenvalue weighted by Gasteiger charge is 2.16. The van der Waals surface area contributed by atoms with Gasteiger partial charge in [0.1, 0.15) is 0 Å². The lowest BCUT2D eigenvalue weighted by Gasteiger charge is -2.11. The molecule has 0 heterocycles. The zero-order valence-electron chi connectivity index (χ0n) is 13.4. The molecule has 0 aliphatic heterocycles. The van der Waals surface area contributed by atoms with E-state index in [1.807, 2.05) is 0 Å². The summed E-state index contributed by atoms with van der Waals surface area (Å²) < 4.78 is 24.5. The number of carbonyl (C=O) groups excluding carboxylic acids is 1. The first-order valence-corrected chi connectivity index (χ1v) is 9.37. The van der Waals surface area contributed by atoms with Gasteiger partial charge in [-0.2, -0.15) is 0 Å². The van der Waals surface area contributed by atoms with Crippen molar-refractivity contribution in [3.63, 3.8) is 0 Å². The topological polar surface area (TPSA) is 75.3 Å². The van der Waals surface area contributed by atoms with Crippen molar-refractivity contribution in [2.45, 2.75) is 31.1 Å². The van der Waals surface area contributed by atoms with Crippen molar-refractivity contribution in [2.24, 2.45) is 0 Å². The Morgan fingerprint density at radius 1 is 1.17 bits per heavy atom. The molecule has 0 bridgehead atoms. The Hall–Kier alpha value is -1.89. The molecule has 5 nitrogen and oxygen atoms in total. The lowest BCUT2D eigenvalue weighted by atomic mass is 9.99. The number of halogens is 1. The van der Waals surface area contributed by atoms with Gasteiger partial charge in [0.2, 0.25) is 0 Å². The maximum absolute atomic E-state index is 12.2. The van der Waals surface area contributed by atoms with E-state index in [0.717, 1.165) is 12.0 Å². The highest BCUT2D eigenvalue weighted by molar-refractivity contribution is 7.89. The molecule has 2 aromatic carbocycles. The van der Waals surface area contributed by atoms with Crippen LogP contribution in [-0.2, 0) is 10.0 Å². The number of hydrogen-bond donors (Lipinski definition) is 2. The molecule has 1 atom stereocenters. The number of hydrogen-bond acceptors (Lipinski definition) is 3. The van der Waals surface area contributed by atoms with Crippen molar-refractivity contribution in [1.29, 1.82) is 0 Å². The van der Waals surface area contributed by atoms with Gasteiger partial charge in [0.15, 0.2) is 0 Å². The molecule has 0 saturated heterocycles. The average Bonchev–Trinajstić information content (AvgIpc) is 2.59. The van der Waals surface area contributed by atoms with Gasteiger partial charge in [-0.1, -0.05) is 43.6 Å². The van der Waals surface area contributed by atoms with Crippen molar-refractivity contribution in [1.82, 2.24) is 10.3 Å². The quantitative estimate of drug-likeness (QED) is 0.768. The highest BCUT2D eigenvalue weighted by Crippen LogP contribution is 2.20. The van der Waals surface area contributed by atoms with Crippen LogP contribution in [0.2, 0.25) is 5.02 Å². The van der Waals surface area contributed by atoms with Crippen LogP contribution in [-0.4, -0.2) is 14.3 Å². The molecular weight excluding hydrogens is 348 g/mol. The third-order valence-corrected chi connectivity index (χ3v) is 5.26. The maximum atomic E-state index is 12.2. The van der Waals surface area contributed by atoms with Crippen molar-refractivity contribution in [2.75, 3.05) is 0 Å². The van der Waals surface area contributed by atoms with E-state index < -0.39 is 15.9 Å². The number of hydrazine groups is 1. The number of sulfonamides is 1. The van der Waals surface area contributed by atoms with Gasteiger partial charge in [0, 0.05) is 10.6 Å². The lowest BCUT2D eigenvalue weighted by molar-refractivity contribution is 0.0945. The van der Waals surface area contributed by atoms with Crippen LogP contribution in [0.5, 0.6) is 0 Å². The molecule has 0 radical (unpaired) electrons. The summed E-state index contributed by atoms with van der Waals surface area (Å²) in [6.07, 6.45) is 0.972. The molecule has 0 saturated carbocycles. The summed E-state index contributed by atoms with van der Waals surface area (Å²) in [6.45, 7) is 4.15. The molecule has 0 fully saturated rings. The zero-order valence-corrected chi connectivity index (χ0v) is 15.0. The summed E-state index contributed by atoms with van der Waals surface area (Å²) in [5, 5.41) is 0.395. The number of amides is 1. The molecule has 7 heteroatoms. The van der Waals surface area contributed by atoms with E-state index in [2.05, 4.69) is 24.1 Å². The molecule has 128 valence electrons. The fourth-order valence-electron chi connectivity index (χ4n) is 2.09. The van der Waals surface area contributed by atoms with Crippen LogP contribution in [0, 0.1) is 0 Å². The first-order valence-electron chi connectivity index (χ1n) is 7.51. The molecule has 0 spiro atoms. The lowest BCUT2D eigenvalue weighted by Crippen LogP contribution is -2.41. The van der Waals surface area contributed by atoms with Gasteiger partial charge in [-0.25, -0.2) is 8.42 Å². The molecule has 2 rings (SSSR count). The first kappa shape index (κ1) is 18.4. The van der Waals surface area contributed by atoms with Crippen LogP contribution in [0.15, 0.2) is 53.4 Å². The molecule has 2 N–H and O–H groups in total. The molecule has 2 aromatic rings. The van der Waals surface area contributed by atoms with Gasteiger partial charge in [-0.15, -0.1) is 4.83 Å².